The van der Waals surface area contributed by atoms with Crippen molar-refractivity contribution in [3.05, 3.63) is 53.7 Å². The lowest BCUT2D eigenvalue weighted by atomic mass is 10.0. The van der Waals surface area contributed by atoms with Crippen molar-refractivity contribution in [2.75, 3.05) is 0 Å². The summed E-state index contributed by atoms with van der Waals surface area (Å²) < 4.78 is 5.79. The third kappa shape index (κ3) is 4.75. The van der Waals surface area contributed by atoms with Gasteiger partial charge in [0.1, 0.15) is 11.6 Å². The van der Waals surface area contributed by atoms with Gasteiger partial charge in [0, 0.05) is 28.5 Å². The minimum atomic E-state index is 0.151. The zero-order valence-electron chi connectivity index (χ0n) is 18.2. The van der Waals surface area contributed by atoms with Crippen LogP contribution >= 0.6 is 0 Å². The fourth-order valence-corrected chi connectivity index (χ4v) is 3.14. The van der Waals surface area contributed by atoms with Gasteiger partial charge in [0.15, 0.2) is 5.82 Å². The predicted octanol–water partition coefficient (Wildman–Crippen LogP) is 5.85. The van der Waals surface area contributed by atoms with Crippen molar-refractivity contribution in [2.24, 2.45) is 0 Å². The van der Waals surface area contributed by atoms with Gasteiger partial charge >= 0.3 is 0 Å². The molecule has 6 nitrogen and oxygen atoms in total. The molecule has 0 amide bonds. The number of aromatic amines is 2. The van der Waals surface area contributed by atoms with Crippen LogP contribution in [0.3, 0.4) is 0 Å². The standard InChI is InChI=1S/C23H31N5O/c1-7-15(5)22-24-23(28-27-22)17-10-12-20-19(13-17)21(26-25-20)16(6)9-11-18(8-2)29-14(3)4/h8-16H,7H2,1-6H3,(H,25,26)(H,24,27,28)/b11-9-,18-8+/t15-,16?/m0/s1. The molecule has 0 aliphatic carbocycles. The molecular formula is C23H31N5O. The molecule has 154 valence electrons. The Labute approximate surface area is 172 Å². The predicted molar refractivity (Wildman–Crippen MR) is 118 cm³/mol. The van der Waals surface area contributed by atoms with Crippen LogP contribution < -0.4 is 0 Å². The zero-order chi connectivity index (χ0) is 21.0. The quantitative estimate of drug-likeness (QED) is 0.372. The fraction of sp³-hybridized carbons (Fsp3) is 0.435. The molecule has 0 aliphatic rings. The second-order valence-corrected chi connectivity index (χ2v) is 7.73. The Morgan fingerprint density at radius 2 is 1.93 bits per heavy atom. The summed E-state index contributed by atoms with van der Waals surface area (Å²) in [6.45, 7) is 12.5. The number of aromatic nitrogens is 5. The molecule has 2 N–H and O–H groups in total. The first kappa shape index (κ1) is 20.8. The number of hydrogen-bond acceptors (Lipinski definition) is 4. The van der Waals surface area contributed by atoms with Crippen LogP contribution in [0.1, 0.15) is 71.3 Å². The van der Waals surface area contributed by atoms with Gasteiger partial charge in [-0.1, -0.05) is 26.8 Å². The average Bonchev–Trinajstić information content (AvgIpc) is 3.36. The van der Waals surface area contributed by atoms with Gasteiger partial charge < -0.3 is 4.74 Å². The molecule has 0 spiro atoms. The lowest BCUT2D eigenvalue weighted by Crippen LogP contribution is -2.01. The Morgan fingerprint density at radius 3 is 2.62 bits per heavy atom. The van der Waals surface area contributed by atoms with E-state index in [4.69, 9.17) is 4.74 Å². The van der Waals surface area contributed by atoms with E-state index >= 15 is 0 Å². The Bertz CT molecular complexity index is 1010. The highest BCUT2D eigenvalue weighted by molar-refractivity contribution is 5.86. The van der Waals surface area contributed by atoms with Crippen LogP contribution in [0.15, 0.2) is 42.2 Å². The Kier molecular flexibility index (Phi) is 6.52. The highest BCUT2D eigenvalue weighted by Gasteiger charge is 2.15. The van der Waals surface area contributed by atoms with Gasteiger partial charge in [-0.3, -0.25) is 10.2 Å². The summed E-state index contributed by atoms with van der Waals surface area (Å²) in [5.74, 6) is 3.04. The monoisotopic (exact) mass is 393 g/mol. The van der Waals surface area contributed by atoms with E-state index in [1.165, 1.54) is 0 Å². The molecule has 1 unspecified atom stereocenters. The Morgan fingerprint density at radius 1 is 1.14 bits per heavy atom. The lowest BCUT2D eigenvalue weighted by molar-refractivity contribution is 0.157. The van der Waals surface area contributed by atoms with Gasteiger partial charge in [-0.2, -0.15) is 10.2 Å². The van der Waals surface area contributed by atoms with Crippen LogP contribution in [-0.4, -0.2) is 31.5 Å². The van der Waals surface area contributed by atoms with Crippen molar-refractivity contribution >= 4 is 10.9 Å². The van der Waals surface area contributed by atoms with Crippen molar-refractivity contribution in [1.82, 2.24) is 25.4 Å². The maximum Gasteiger partial charge on any atom is 0.181 e. The summed E-state index contributed by atoms with van der Waals surface area (Å²) in [5, 5.41) is 16.2. The summed E-state index contributed by atoms with van der Waals surface area (Å²) in [4.78, 5) is 4.68. The van der Waals surface area contributed by atoms with E-state index in [9.17, 15) is 0 Å². The largest absolute Gasteiger partial charge is 0.491 e. The van der Waals surface area contributed by atoms with Crippen molar-refractivity contribution in [3.8, 4) is 11.4 Å². The Balaban J connectivity index is 1.88. The van der Waals surface area contributed by atoms with Gasteiger partial charge in [0.05, 0.1) is 11.6 Å². The van der Waals surface area contributed by atoms with Crippen LogP contribution in [0.2, 0.25) is 0 Å². The SMILES string of the molecule is C/C=C(\C=C/C(C)c1[nH]nc2ccc(-c3n[nH]c([C@@H](C)CC)n3)cc12)OC(C)C. The van der Waals surface area contributed by atoms with Crippen LogP contribution in [-0.2, 0) is 4.74 Å². The number of rotatable bonds is 8. The third-order valence-corrected chi connectivity index (χ3v) is 5.08. The smallest absolute Gasteiger partial charge is 0.181 e. The zero-order valence-corrected chi connectivity index (χ0v) is 18.2. The molecule has 29 heavy (non-hydrogen) atoms. The second-order valence-electron chi connectivity index (χ2n) is 7.73. The molecule has 0 fully saturated rings. The summed E-state index contributed by atoms with van der Waals surface area (Å²) in [6.07, 6.45) is 7.31. The van der Waals surface area contributed by atoms with E-state index in [1.807, 2.05) is 45.1 Å². The van der Waals surface area contributed by atoms with Gasteiger partial charge in [-0.25, -0.2) is 4.98 Å². The first-order chi connectivity index (χ1) is 13.9. The van der Waals surface area contributed by atoms with Crippen LogP contribution in [0, 0.1) is 0 Å². The molecule has 0 radical (unpaired) electrons. The van der Waals surface area contributed by atoms with Crippen LogP contribution in [0.5, 0.6) is 0 Å². The van der Waals surface area contributed by atoms with E-state index in [1.54, 1.807) is 0 Å². The number of fused-ring (bicyclic) bond motifs is 1. The number of H-pyrrole nitrogens is 2. The van der Waals surface area contributed by atoms with Crippen molar-refractivity contribution in [2.45, 2.75) is 65.9 Å². The molecule has 0 aliphatic heterocycles. The number of nitrogens with zero attached hydrogens (tertiary/aromatic N) is 3. The number of allylic oxidation sites excluding steroid dienone is 3. The minimum absolute atomic E-state index is 0.151. The van der Waals surface area contributed by atoms with Gasteiger partial charge in [-0.15, -0.1) is 0 Å². The van der Waals surface area contributed by atoms with Crippen LogP contribution in [0.4, 0.5) is 0 Å². The maximum atomic E-state index is 5.79. The van der Waals surface area contributed by atoms with Crippen LogP contribution in [0.25, 0.3) is 22.3 Å². The topological polar surface area (TPSA) is 79.5 Å². The summed E-state index contributed by atoms with van der Waals surface area (Å²) in [7, 11) is 0. The molecule has 0 bridgehead atoms. The number of nitrogens with one attached hydrogen (secondary N) is 2. The molecule has 2 aromatic heterocycles. The number of benzene rings is 1. The Hall–Kier alpha value is -2.89. The first-order valence-electron chi connectivity index (χ1n) is 10.3. The van der Waals surface area contributed by atoms with Crippen molar-refractivity contribution in [3.63, 3.8) is 0 Å². The maximum absolute atomic E-state index is 5.79. The van der Waals surface area contributed by atoms with Gasteiger partial charge in [0.2, 0.25) is 0 Å². The fourth-order valence-electron chi connectivity index (χ4n) is 3.14. The number of ether oxygens (including phenoxy) is 1. The van der Waals surface area contributed by atoms with Crippen molar-refractivity contribution in [1.29, 1.82) is 0 Å². The molecule has 0 saturated carbocycles. The lowest BCUT2D eigenvalue weighted by Gasteiger charge is -2.11. The molecule has 2 heterocycles. The summed E-state index contributed by atoms with van der Waals surface area (Å²) in [5.41, 5.74) is 2.99. The molecule has 3 aromatic rings. The van der Waals surface area contributed by atoms with E-state index in [0.717, 1.165) is 46.0 Å². The highest BCUT2D eigenvalue weighted by atomic mass is 16.5. The summed E-state index contributed by atoms with van der Waals surface area (Å²) in [6, 6.07) is 6.15. The molecule has 2 atom stereocenters. The van der Waals surface area contributed by atoms with Gasteiger partial charge in [-0.05, 0) is 57.5 Å². The molecule has 1 aromatic carbocycles. The van der Waals surface area contributed by atoms with E-state index in [0.29, 0.717) is 5.92 Å². The van der Waals surface area contributed by atoms with E-state index < -0.39 is 0 Å². The number of hydrogen-bond donors (Lipinski definition) is 2. The first-order valence-corrected chi connectivity index (χ1v) is 10.3. The molecule has 0 saturated heterocycles. The normalized spacial score (nSPS) is 14.8. The molecule has 6 heteroatoms. The third-order valence-electron chi connectivity index (χ3n) is 5.08. The highest BCUT2D eigenvalue weighted by Crippen LogP contribution is 2.29. The molecular weight excluding hydrogens is 362 g/mol. The minimum Gasteiger partial charge on any atom is -0.491 e. The van der Waals surface area contributed by atoms with Gasteiger partial charge in [0.25, 0.3) is 0 Å². The molecule has 3 rings (SSSR count). The van der Waals surface area contributed by atoms with E-state index in [2.05, 4.69) is 58.3 Å². The summed E-state index contributed by atoms with van der Waals surface area (Å²) >= 11 is 0. The second kappa shape index (κ2) is 9.07. The van der Waals surface area contributed by atoms with Crippen molar-refractivity contribution < 1.29 is 4.74 Å². The van der Waals surface area contributed by atoms with E-state index in [-0.39, 0.29) is 12.0 Å². The average molecular weight is 394 g/mol.